The van der Waals surface area contributed by atoms with Gasteiger partial charge in [0.05, 0.1) is 48.2 Å². The van der Waals surface area contributed by atoms with Crippen LogP contribution < -0.4 is 10.6 Å². The van der Waals surface area contributed by atoms with Gasteiger partial charge in [0.1, 0.15) is 0 Å². The van der Waals surface area contributed by atoms with Crippen LogP contribution >= 0.6 is 0 Å². The molecule has 12 nitrogen and oxygen atoms in total. The number of nitrogens with one attached hydrogen (secondary N) is 4. The standard InChI is InChI=1S/C46H64N6O6/c1-9-11-21-57-31(7)45-29(5)37-23-35-27(3)33(13-15-43(55)47-17-19-53)39(49-35)26-40-34(14-16-44(56)48-18-20-54)28(4)36(50-40)24-41-46(32(8)58-22-12-10-2)30(6)38(52-41)25-42(45)51-37/h23-26,31-32,50,52-54H,9-22H2,1-8H3,(H,47,55)(H,48,56). The molecule has 2 amide bonds. The zero-order valence-corrected chi connectivity index (χ0v) is 35.8. The summed E-state index contributed by atoms with van der Waals surface area (Å²) in [7, 11) is 0. The molecule has 58 heavy (non-hydrogen) atoms. The lowest BCUT2D eigenvalue weighted by atomic mass is 9.99. The Kier molecular flexibility index (Phi) is 16.0. The van der Waals surface area contributed by atoms with E-state index >= 15 is 0 Å². The third kappa shape index (κ3) is 10.5. The number of carbonyl (C=O) groups is 2. The first-order chi connectivity index (χ1) is 27.9. The van der Waals surface area contributed by atoms with Crippen molar-refractivity contribution in [3.8, 4) is 0 Å². The minimum Gasteiger partial charge on any atom is -0.395 e. The average molecular weight is 797 g/mol. The molecule has 8 bridgehead atoms. The molecule has 5 rings (SSSR count). The molecule has 12 heteroatoms. The van der Waals surface area contributed by atoms with Crippen molar-refractivity contribution < 1.29 is 29.3 Å². The van der Waals surface area contributed by atoms with Crippen molar-refractivity contribution in [1.29, 1.82) is 0 Å². The van der Waals surface area contributed by atoms with Crippen molar-refractivity contribution >= 4 is 56.2 Å². The Morgan fingerprint density at radius 1 is 0.672 bits per heavy atom. The molecule has 6 N–H and O–H groups in total. The van der Waals surface area contributed by atoms with E-state index in [9.17, 15) is 19.8 Å². The summed E-state index contributed by atoms with van der Waals surface area (Å²) in [6.45, 7) is 18.3. The number of hydrogen-bond donors (Lipinski definition) is 6. The van der Waals surface area contributed by atoms with Gasteiger partial charge in [0.25, 0.3) is 0 Å². The first kappa shape index (κ1) is 44.5. The van der Waals surface area contributed by atoms with E-state index in [2.05, 4.69) is 81.2 Å². The molecule has 5 heterocycles. The summed E-state index contributed by atoms with van der Waals surface area (Å²) in [6.07, 6.45) is 5.02. The first-order valence-corrected chi connectivity index (χ1v) is 21.1. The normalized spacial score (nSPS) is 14.0. The number of nitrogens with zero attached hydrogens (tertiary/aromatic N) is 2. The molecule has 0 radical (unpaired) electrons. The van der Waals surface area contributed by atoms with Crippen molar-refractivity contribution in [3.63, 3.8) is 0 Å². The molecule has 0 saturated heterocycles. The van der Waals surface area contributed by atoms with E-state index in [4.69, 9.17) is 19.4 Å². The van der Waals surface area contributed by atoms with E-state index in [1.807, 2.05) is 19.1 Å². The van der Waals surface area contributed by atoms with Crippen LogP contribution in [0, 0.1) is 13.8 Å². The Morgan fingerprint density at radius 2 is 1.22 bits per heavy atom. The number of hydrogen-bond acceptors (Lipinski definition) is 8. The number of carbonyl (C=O) groups excluding carboxylic acids is 2. The summed E-state index contributed by atoms with van der Waals surface area (Å²) in [5.41, 5.74) is 14.8. The number of aromatic amines is 2. The van der Waals surface area contributed by atoms with E-state index in [1.165, 1.54) is 0 Å². The van der Waals surface area contributed by atoms with Gasteiger partial charge in [0.2, 0.25) is 11.8 Å². The third-order valence-corrected chi connectivity index (χ3v) is 11.3. The van der Waals surface area contributed by atoms with Gasteiger partial charge in [-0.25, -0.2) is 9.97 Å². The minimum absolute atomic E-state index is 0.124. The summed E-state index contributed by atoms with van der Waals surface area (Å²) in [5, 5.41) is 24.1. The lowest BCUT2D eigenvalue weighted by molar-refractivity contribution is -0.121. The van der Waals surface area contributed by atoms with E-state index in [1.54, 1.807) is 0 Å². The van der Waals surface area contributed by atoms with Gasteiger partial charge in [-0.15, -0.1) is 0 Å². The number of ether oxygens (including phenoxy) is 2. The number of H-pyrrole nitrogens is 2. The predicted octanol–water partition coefficient (Wildman–Crippen LogP) is 7.81. The Bertz CT molecular complexity index is 2180. The molecule has 0 aliphatic carbocycles. The van der Waals surface area contributed by atoms with E-state index in [-0.39, 0.29) is 63.2 Å². The number of aromatic nitrogens is 4. The smallest absolute Gasteiger partial charge is 0.220 e. The molecule has 2 aliphatic heterocycles. The summed E-state index contributed by atoms with van der Waals surface area (Å²) in [4.78, 5) is 43.5. The highest BCUT2D eigenvalue weighted by molar-refractivity contribution is 5.97. The second kappa shape index (κ2) is 20.9. The van der Waals surface area contributed by atoms with Gasteiger partial charge in [-0.3, -0.25) is 9.59 Å². The maximum absolute atomic E-state index is 12.8. The summed E-state index contributed by atoms with van der Waals surface area (Å²) >= 11 is 0. The number of allylic oxidation sites excluding steroid dienone is 3. The highest BCUT2D eigenvalue weighted by Crippen LogP contribution is 2.39. The van der Waals surface area contributed by atoms with E-state index < -0.39 is 0 Å². The maximum atomic E-state index is 12.8. The van der Waals surface area contributed by atoms with Crippen molar-refractivity contribution in [1.82, 2.24) is 30.6 Å². The van der Waals surface area contributed by atoms with Crippen LogP contribution in [0.3, 0.4) is 0 Å². The molecular formula is C46H64N6O6. The van der Waals surface area contributed by atoms with Gasteiger partial charge in [-0.2, -0.15) is 0 Å². The highest BCUT2D eigenvalue weighted by atomic mass is 16.5. The van der Waals surface area contributed by atoms with Crippen molar-refractivity contribution in [3.05, 3.63) is 69.3 Å². The highest BCUT2D eigenvalue weighted by Gasteiger charge is 2.26. The second-order valence-corrected chi connectivity index (χ2v) is 15.4. The fourth-order valence-electron chi connectivity index (χ4n) is 7.84. The fraction of sp³-hybridized carbons (Fsp3) is 0.522. The Morgan fingerprint density at radius 3 is 1.86 bits per heavy atom. The minimum atomic E-state index is -0.193. The molecule has 314 valence electrons. The van der Waals surface area contributed by atoms with E-state index in [0.29, 0.717) is 26.1 Å². The van der Waals surface area contributed by atoms with Crippen LogP contribution in [0.15, 0.2) is 24.3 Å². The molecule has 0 saturated carbocycles. The zero-order valence-electron chi connectivity index (χ0n) is 35.8. The quantitative estimate of drug-likeness (QED) is 0.0628. The van der Waals surface area contributed by atoms with Gasteiger partial charge in [0, 0.05) is 72.3 Å². The summed E-state index contributed by atoms with van der Waals surface area (Å²) < 4.78 is 12.8. The zero-order chi connectivity index (χ0) is 41.9. The van der Waals surface area contributed by atoms with Crippen LogP contribution in [0.2, 0.25) is 0 Å². The molecule has 3 aromatic heterocycles. The second-order valence-electron chi connectivity index (χ2n) is 15.4. The molecule has 0 fully saturated rings. The van der Waals surface area contributed by atoms with E-state index in [0.717, 1.165) is 115 Å². The molecule has 2 atom stereocenters. The molecule has 0 spiro atoms. The van der Waals surface area contributed by atoms with Crippen LogP contribution in [-0.4, -0.2) is 87.6 Å². The van der Waals surface area contributed by atoms with Crippen LogP contribution in [-0.2, 0) is 25.5 Å². The molecular weight excluding hydrogens is 733 g/mol. The predicted molar refractivity (Wildman–Crippen MR) is 233 cm³/mol. The SMILES string of the molecule is CCCCOC(C)C1=C(C)c2cc3nc(cc4[nH]c(cc5[nH]c(cc1n2)c(C)c5C(C)OCCCC)c(C)c4CCC(=O)NCCO)C(CCC(=O)NCCO)=C3C. The number of rotatable bonds is 20. The lowest BCUT2D eigenvalue weighted by Gasteiger charge is -2.15. The Hall–Kier alpha value is -4.62. The molecule has 2 aliphatic rings. The number of unbranched alkanes of at least 4 members (excludes halogenated alkanes) is 2. The largest absolute Gasteiger partial charge is 0.395 e. The van der Waals surface area contributed by atoms with Crippen molar-refractivity contribution in [2.24, 2.45) is 0 Å². The van der Waals surface area contributed by atoms with Crippen LogP contribution in [0.5, 0.6) is 0 Å². The topological polar surface area (TPSA) is 174 Å². The summed E-state index contributed by atoms with van der Waals surface area (Å²) in [5.74, 6) is -0.286. The number of aliphatic hydroxyl groups excluding tert-OH is 2. The monoisotopic (exact) mass is 796 g/mol. The van der Waals surface area contributed by atoms with Crippen LogP contribution in [0.25, 0.3) is 44.4 Å². The number of aliphatic hydroxyl groups is 2. The summed E-state index contributed by atoms with van der Waals surface area (Å²) in [6, 6.07) is 8.33. The fourth-order valence-corrected chi connectivity index (χ4v) is 7.84. The molecule has 0 aromatic carbocycles. The number of amides is 2. The van der Waals surface area contributed by atoms with Gasteiger partial charge in [-0.1, -0.05) is 26.7 Å². The molecule has 3 aromatic rings. The van der Waals surface area contributed by atoms with Gasteiger partial charge in [0.15, 0.2) is 0 Å². The van der Waals surface area contributed by atoms with Crippen molar-refractivity contribution in [2.45, 2.75) is 119 Å². The first-order valence-electron chi connectivity index (χ1n) is 21.1. The van der Waals surface area contributed by atoms with Gasteiger partial charge in [-0.05, 0) is 125 Å². The van der Waals surface area contributed by atoms with Gasteiger partial charge < -0.3 is 40.3 Å². The van der Waals surface area contributed by atoms with Crippen LogP contribution in [0.1, 0.15) is 138 Å². The van der Waals surface area contributed by atoms with Crippen LogP contribution in [0.4, 0.5) is 0 Å². The Balaban J connectivity index is 1.83. The number of aryl methyl sites for hydroxylation is 3. The maximum Gasteiger partial charge on any atom is 0.220 e. The van der Waals surface area contributed by atoms with Crippen molar-refractivity contribution in [2.75, 3.05) is 39.5 Å². The van der Waals surface area contributed by atoms with Gasteiger partial charge >= 0.3 is 0 Å². The number of fused-ring (bicyclic) bond motifs is 8. The Labute approximate surface area is 343 Å². The average Bonchev–Trinajstić information content (AvgIpc) is 3.87. The third-order valence-electron chi connectivity index (χ3n) is 11.3. The molecule has 2 unspecified atom stereocenters. The lowest BCUT2D eigenvalue weighted by Crippen LogP contribution is -2.26.